The fourth-order valence-corrected chi connectivity index (χ4v) is 4.35. The van der Waals surface area contributed by atoms with Gasteiger partial charge in [0, 0.05) is 41.4 Å². The predicted octanol–water partition coefficient (Wildman–Crippen LogP) is 5.11. The molecule has 170 valence electrons. The summed E-state index contributed by atoms with van der Waals surface area (Å²) in [6, 6.07) is 21.7. The Labute approximate surface area is 201 Å². The molecule has 0 amide bonds. The molecule has 34 heavy (non-hydrogen) atoms. The molecule has 0 atom stereocenters. The molecule has 0 saturated carbocycles. The summed E-state index contributed by atoms with van der Waals surface area (Å²) in [6.07, 6.45) is 4.98. The summed E-state index contributed by atoms with van der Waals surface area (Å²) in [4.78, 5) is 8.51. The van der Waals surface area contributed by atoms with Gasteiger partial charge in [0.15, 0.2) is 11.0 Å². The second kappa shape index (κ2) is 10.3. The topological polar surface area (TPSA) is 91.8 Å². The first-order valence-electron chi connectivity index (χ1n) is 10.8. The maximum atomic E-state index is 5.41. The Morgan fingerprint density at radius 3 is 2.47 bits per heavy atom. The van der Waals surface area contributed by atoms with Crippen LogP contribution in [0.5, 0.6) is 5.75 Å². The molecule has 3 aromatic heterocycles. The highest BCUT2D eigenvalue weighted by molar-refractivity contribution is 7.99. The van der Waals surface area contributed by atoms with E-state index in [4.69, 9.17) is 9.26 Å². The number of aryl methyl sites for hydroxylation is 1. The minimum atomic E-state index is 0.581. The zero-order chi connectivity index (χ0) is 23.2. The number of rotatable bonds is 9. The Bertz CT molecular complexity index is 1340. The van der Waals surface area contributed by atoms with E-state index in [9.17, 15) is 0 Å². The summed E-state index contributed by atoms with van der Waals surface area (Å²) in [7, 11) is 1.66. The van der Waals surface area contributed by atoms with Gasteiger partial charge in [-0.3, -0.25) is 9.55 Å². The Hall–Kier alpha value is -3.98. The number of hydrogen-bond acceptors (Lipinski definition) is 8. The van der Waals surface area contributed by atoms with Gasteiger partial charge in [0.25, 0.3) is 0 Å². The molecule has 0 aliphatic heterocycles. The van der Waals surface area contributed by atoms with Gasteiger partial charge < -0.3 is 9.26 Å². The third kappa shape index (κ3) is 4.84. The van der Waals surface area contributed by atoms with Crippen LogP contribution in [-0.4, -0.2) is 42.8 Å². The van der Waals surface area contributed by atoms with Gasteiger partial charge in [0.05, 0.1) is 7.11 Å². The van der Waals surface area contributed by atoms with E-state index in [1.165, 1.54) is 0 Å². The highest BCUT2D eigenvalue weighted by atomic mass is 32.2. The molecular weight excluding hydrogens is 448 g/mol. The largest absolute Gasteiger partial charge is 0.497 e. The van der Waals surface area contributed by atoms with Gasteiger partial charge in [-0.15, -0.1) is 10.2 Å². The van der Waals surface area contributed by atoms with E-state index < -0.39 is 0 Å². The summed E-state index contributed by atoms with van der Waals surface area (Å²) in [5.41, 5.74) is 2.87. The van der Waals surface area contributed by atoms with Crippen molar-refractivity contribution in [3.63, 3.8) is 0 Å². The molecule has 0 saturated heterocycles. The number of para-hydroxylation sites is 1. The number of methoxy groups -OCH3 is 1. The van der Waals surface area contributed by atoms with Crippen LogP contribution in [0.15, 0.2) is 88.8 Å². The number of thioether (sulfide) groups is 1. The average Bonchev–Trinajstić information content (AvgIpc) is 3.55. The number of ether oxygens (including phenoxy) is 1. The normalized spacial score (nSPS) is 11.0. The lowest BCUT2D eigenvalue weighted by atomic mass is 10.2. The van der Waals surface area contributed by atoms with Crippen molar-refractivity contribution in [1.29, 1.82) is 0 Å². The van der Waals surface area contributed by atoms with Crippen molar-refractivity contribution in [1.82, 2.24) is 29.9 Å². The fourth-order valence-electron chi connectivity index (χ4n) is 3.46. The Morgan fingerprint density at radius 2 is 1.71 bits per heavy atom. The Kier molecular flexibility index (Phi) is 6.62. The molecule has 5 rings (SSSR count). The summed E-state index contributed by atoms with van der Waals surface area (Å²) >= 11 is 1.65. The fraction of sp³-hybridized carbons (Fsp3) is 0.160. The zero-order valence-electron chi connectivity index (χ0n) is 18.5. The lowest BCUT2D eigenvalue weighted by Gasteiger charge is -2.10. The third-order valence-electron chi connectivity index (χ3n) is 5.17. The maximum absolute atomic E-state index is 5.41. The van der Waals surface area contributed by atoms with Gasteiger partial charge in [-0.05, 0) is 55.0 Å². The quantitative estimate of drug-likeness (QED) is 0.217. The highest BCUT2D eigenvalue weighted by Crippen LogP contribution is 2.29. The van der Waals surface area contributed by atoms with E-state index in [1.807, 2.05) is 54.6 Å². The third-order valence-corrected chi connectivity index (χ3v) is 6.18. The van der Waals surface area contributed by atoms with Crippen LogP contribution in [-0.2, 0) is 6.42 Å². The van der Waals surface area contributed by atoms with Crippen molar-refractivity contribution < 1.29 is 9.26 Å². The molecule has 0 bridgehead atoms. The number of nitrogens with zero attached hydrogens (tertiary/aromatic N) is 6. The maximum Gasteiger partial charge on any atom is 0.226 e. The minimum Gasteiger partial charge on any atom is -0.497 e. The average molecular weight is 471 g/mol. The zero-order valence-corrected chi connectivity index (χ0v) is 19.4. The van der Waals surface area contributed by atoms with Crippen LogP contribution in [0, 0.1) is 0 Å². The van der Waals surface area contributed by atoms with Crippen LogP contribution in [0.2, 0.25) is 0 Å². The minimum absolute atomic E-state index is 0.581. The standard InChI is InChI=1S/C25H22N6O2S/c1-32-21-11-9-19(10-12-21)24-28-29-25(31(24)20-6-3-2-4-7-20)34-17-5-8-22-27-23(30-33-22)18-13-15-26-16-14-18/h2-4,6-7,9-16H,5,8,17H2,1H3. The first kappa shape index (κ1) is 21.8. The van der Waals surface area contributed by atoms with Crippen molar-refractivity contribution in [2.24, 2.45) is 0 Å². The molecular formula is C25H22N6O2S. The first-order valence-corrected chi connectivity index (χ1v) is 11.8. The van der Waals surface area contributed by atoms with E-state index >= 15 is 0 Å². The lowest BCUT2D eigenvalue weighted by Crippen LogP contribution is -2.00. The van der Waals surface area contributed by atoms with Crippen molar-refractivity contribution in [2.45, 2.75) is 18.0 Å². The monoisotopic (exact) mass is 470 g/mol. The molecule has 8 nitrogen and oxygen atoms in total. The molecule has 0 N–H and O–H groups in total. The first-order chi connectivity index (χ1) is 16.8. The van der Waals surface area contributed by atoms with Crippen molar-refractivity contribution in [3.8, 4) is 34.2 Å². The molecule has 0 unspecified atom stereocenters. The van der Waals surface area contributed by atoms with Crippen molar-refractivity contribution >= 4 is 11.8 Å². The van der Waals surface area contributed by atoms with E-state index in [-0.39, 0.29) is 0 Å². The molecule has 5 aromatic rings. The van der Waals surface area contributed by atoms with Crippen LogP contribution in [0.1, 0.15) is 12.3 Å². The van der Waals surface area contributed by atoms with Gasteiger partial charge in [0.2, 0.25) is 11.7 Å². The van der Waals surface area contributed by atoms with E-state index in [2.05, 4.69) is 42.0 Å². The van der Waals surface area contributed by atoms with Crippen LogP contribution >= 0.6 is 11.8 Å². The molecule has 0 fully saturated rings. The van der Waals surface area contributed by atoms with Crippen LogP contribution in [0.25, 0.3) is 28.5 Å². The predicted molar refractivity (Wildman–Crippen MR) is 130 cm³/mol. The van der Waals surface area contributed by atoms with Gasteiger partial charge >= 0.3 is 0 Å². The van der Waals surface area contributed by atoms with E-state index in [0.717, 1.165) is 45.7 Å². The SMILES string of the molecule is COc1ccc(-c2nnc(SCCCc3nc(-c4ccncc4)no3)n2-c2ccccc2)cc1. The van der Waals surface area contributed by atoms with Crippen LogP contribution in [0.3, 0.4) is 0 Å². The van der Waals surface area contributed by atoms with Gasteiger partial charge in [-0.25, -0.2) is 0 Å². The molecule has 2 aromatic carbocycles. The summed E-state index contributed by atoms with van der Waals surface area (Å²) in [6.45, 7) is 0. The van der Waals surface area contributed by atoms with Crippen LogP contribution < -0.4 is 4.74 Å². The van der Waals surface area contributed by atoms with Gasteiger partial charge in [0.1, 0.15) is 5.75 Å². The molecule has 3 heterocycles. The smallest absolute Gasteiger partial charge is 0.226 e. The molecule has 0 spiro atoms. The Balaban J connectivity index is 1.29. The number of aromatic nitrogens is 6. The van der Waals surface area contributed by atoms with E-state index in [0.29, 0.717) is 18.1 Å². The number of benzene rings is 2. The van der Waals surface area contributed by atoms with Gasteiger partial charge in [-0.2, -0.15) is 4.98 Å². The molecule has 0 aliphatic rings. The summed E-state index contributed by atoms with van der Waals surface area (Å²) in [5, 5.41) is 13.9. The molecule has 9 heteroatoms. The number of pyridine rings is 1. The van der Waals surface area contributed by atoms with Crippen molar-refractivity contribution in [2.75, 3.05) is 12.9 Å². The second-order valence-electron chi connectivity index (χ2n) is 7.41. The van der Waals surface area contributed by atoms with Crippen molar-refractivity contribution in [3.05, 3.63) is 85.0 Å². The lowest BCUT2D eigenvalue weighted by molar-refractivity contribution is 0.378. The van der Waals surface area contributed by atoms with E-state index in [1.54, 1.807) is 31.3 Å². The summed E-state index contributed by atoms with van der Waals surface area (Å²) in [5.74, 6) is 3.63. The molecule has 0 radical (unpaired) electrons. The number of hydrogen-bond donors (Lipinski definition) is 0. The van der Waals surface area contributed by atoms with Crippen LogP contribution in [0.4, 0.5) is 0 Å². The molecule has 0 aliphatic carbocycles. The summed E-state index contributed by atoms with van der Waals surface area (Å²) < 4.78 is 12.8. The van der Waals surface area contributed by atoms with Gasteiger partial charge in [-0.1, -0.05) is 35.1 Å². The second-order valence-corrected chi connectivity index (χ2v) is 8.47. The highest BCUT2D eigenvalue weighted by Gasteiger charge is 2.16. The Morgan fingerprint density at radius 1 is 0.912 bits per heavy atom.